The van der Waals surface area contributed by atoms with Gasteiger partial charge in [0.25, 0.3) is 5.91 Å². The molecule has 2 aromatic rings. The Labute approximate surface area is 233 Å². The van der Waals surface area contributed by atoms with Crippen LogP contribution in [0.15, 0.2) is 24.3 Å². The van der Waals surface area contributed by atoms with Gasteiger partial charge in [0, 0.05) is 18.2 Å². The summed E-state index contributed by atoms with van der Waals surface area (Å²) in [5.41, 5.74) is 0.290. The summed E-state index contributed by atoms with van der Waals surface area (Å²) in [6, 6.07) is 5.95. The average molecular weight is 567 g/mol. The number of amides is 1. The van der Waals surface area contributed by atoms with Gasteiger partial charge in [0.15, 0.2) is 36.2 Å². The number of anilines is 1. The molecule has 0 spiro atoms. The third-order valence-corrected chi connectivity index (χ3v) is 4.72. The molecule has 1 heterocycles. The molecule has 0 radical (unpaired) electrons. The van der Waals surface area contributed by atoms with Gasteiger partial charge in [-0.15, -0.1) is 0 Å². The summed E-state index contributed by atoms with van der Waals surface area (Å²) in [7, 11) is 2.97. The van der Waals surface area contributed by atoms with E-state index in [-0.39, 0.29) is 61.7 Å². The average Bonchev–Trinajstić information content (AvgIpc) is 2.87. The number of carbonyl (C=O) groups is 2. The minimum atomic E-state index is -0.618. The SMILES string of the molecule is C.CCOC(=O)COc1cc(OC)c(OC(C)C)cc1[N+](=O)[O-].COc1cc2c(cc1OC(C)C)NC(=O)CO2. The first-order valence-corrected chi connectivity index (χ1v) is 12.1. The van der Waals surface area contributed by atoms with Gasteiger partial charge in [0.1, 0.15) is 5.75 Å². The van der Waals surface area contributed by atoms with Crippen LogP contribution < -0.4 is 33.7 Å². The molecule has 222 valence electrons. The monoisotopic (exact) mass is 566 g/mol. The number of rotatable bonds is 11. The van der Waals surface area contributed by atoms with Crippen LogP contribution >= 0.6 is 0 Å². The molecular formula is C27H38N2O11. The van der Waals surface area contributed by atoms with E-state index in [0.717, 1.165) is 0 Å². The maximum Gasteiger partial charge on any atom is 0.344 e. The van der Waals surface area contributed by atoms with Crippen LogP contribution in [0.2, 0.25) is 0 Å². The molecule has 0 unspecified atom stereocenters. The number of nitro benzene ring substituents is 1. The fraction of sp³-hybridized carbons (Fsp3) is 0.481. The molecule has 2 aromatic carbocycles. The van der Waals surface area contributed by atoms with Crippen LogP contribution in [-0.2, 0) is 14.3 Å². The number of benzene rings is 2. The van der Waals surface area contributed by atoms with Crippen molar-refractivity contribution in [2.24, 2.45) is 0 Å². The Morgan fingerprint density at radius 2 is 1.55 bits per heavy atom. The van der Waals surface area contributed by atoms with Crippen LogP contribution in [0.4, 0.5) is 11.4 Å². The standard InChI is InChI=1S/C14H19NO7.C12H15NO4.CH4/c1-5-20-14(16)8-21-11-7-12(19-4)13(22-9(2)3)6-10(11)15(17)18;1-7(2)17-11-4-8-9(5-10(11)15-3)16-6-12(14)13-8;/h6-7,9H,5,8H2,1-4H3;4-5,7H,6H2,1-3H3,(H,13,14);1H4. The number of hydrogen-bond acceptors (Lipinski definition) is 11. The quantitative estimate of drug-likeness (QED) is 0.227. The van der Waals surface area contributed by atoms with Crippen molar-refractivity contribution in [3.63, 3.8) is 0 Å². The van der Waals surface area contributed by atoms with Crippen molar-refractivity contribution >= 4 is 23.3 Å². The number of fused-ring (bicyclic) bond motifs is 1. The molecule has 0 aliphatic carbocycles. The van der Waals surface area contributed by atoms with Gasteiger partial charge >= 0.3 is 11.7 Å². The number of ether oxygens (including phenoxy) is 7. The van der Waals surface area contributed by atoms with E-state index < -0.39 is 17.5 Å². The molecule has 40 heavy (non-hydrogen) atoms. The second-order valence-electron chi connectivity index (χ2n) is 8.49. The van der Waals surface area contributed by atoms with Gasteiger partial charge in [-0.25, -0.2) is 4.79 Å². The lowest BCUT2D eigenvalue weighted by atomic mass is 10.2. The maximum absolute atomic E-state index is 11.3. The van der Waals surface area contributed by atoms with Crippen molar-refractivity contribution < 1.29 is 47.7 Å². The predicted molar refractivity (Wildman–Crippen MR) is 147 cm³/mol. The van der Waals surface area contributed by atoms with E-state index in [1.165, 1.54) is 19.2 Å². The largest absolute Gasteiger partial charge is 0.493 e. The molecule has 1 aliphatic heterocycles. The lowest BCUT2D eigenvalue weighted by molar-refractivity contribution is -0.385. The summed E-state index contributed by atoms with van der Waals surface area (Å²) in [4.78, 5) is 33.0. The zero-order valence-electron chi connectivity index (χ0n) is 23.0. The molecule has 1 N–H and O–H groups in total. The topological polar surface area (TPSA) is 154 Å². The van der Waals surface area contributed by atoms with Crippen molar-refractivity contribution in [3.05, 3.63) is 34.4 Å². The number of carbonyl (C=O) groups excluding carboxylic acids is 2. The first-order valence-electron chi connectivity index (χ1n) is 12.1. The van der Waals surface area contributed by atoms with Gasteiger partial charge < -0.3 is 38.5 Å². The van der Waals surface area contributed by atoms with Crippen molar-refractivity contribution in [1.29, 1.82) is 0 Å². The third kappa shape index (κ3) is 9.71. The first-order chi connectivity index (χ1) is 18.5. The normalized spacial score (nSPS) is 11.5. The number of methoxy groups -OCH3 is 2. The minimum Gasteiger partial charge on any atom is -0.493 e. The van der Waals surface area contributed by atoms with E-state index in [1.54, 1.807) is 40.0 Å². The molecule has 1 aliphatic rings. The Morgan fingerprint density at radius 3 is 2.08 bits per heavy atom. The van der Waals surface area contributed by atoms with Crippen molar-refractivity contribution in [1.82, 2.24) is 0 Å². The molecule has 0 fully saturated rings. The van der Waals surface area contributed by atoms with Gasteiger partial charge in [-0.1, -0.05) is 7.43 Å². The summed E-state index contributed by atoms with van der Waals surface area (Å²) in [5, 5.41) is 13.9. The zero-order valence-corrected chi connectivity index (χ0v) is 23.0. The Balaban J connectivity index is 0.000000401. The fourth-order valence-corrected chi connectivity index (χ4v) is 3.23. The number of nitro groups is 1. The molecular weight excluding hydrogens is 528 g/mol. The van der Waals surface area contributed by atoms with Crippen LogP contribution in [0.25, 0.3) is 0 Å². The predicted octanol–water partition coefficient (Wildman–Crippen LogP) is 4.78. The lowest BCUT2D eigenvalue weighted by Gasteiger charge is -2.21. The first kappa shape index (κ1) is 33.6. The second kappa shape index (κ2) is 15.9. The van der Waals surface area contributed by atoms with Crippen molar-refractivity contribution in [2.75, 3.05) is 39.4 Å². The molecule has 0 bridgehead atoms. The molecule has 0 atom stereocenters. The van der Waals surface area contributed by atoms with Gasteiger partial charge in [0.05, 0.1) is 49.7 Å². The van der Waals surface area contributed by atoms with Gasteiger partial charge in [-0.05, 0) is 34.6 Å². The van der Waals surface area contributed by atoms with E-state index in [0.29, 0.717) is 22.9 Å². The van der Waals surface area contributed by atoms with E-state index in [4.69, 9.17) is 33.2 Å². The van der Waals surface area contributed by atoms with Gasteiger partial charge in [0.2, 0.25) is 5.75 Å². The van der Waals surface area contributed by atoms with Crippen LogP contribution in [0, 0.1) is 10.1 Å². The highest BCUT2D eigenvalue weighted by Crippen LogP contribution is 2.40. The highest BCUT2D eigenvalue weighted by atomic mass is 16.6. The molecule has 0 saturated carbocycles. The Bertz CT molecular complexity index is 1170. The summed E-state index contributed by atoms with van der Waals surface area (Å²) >= 11 is 0. The Hall–Kier alpha value is -4.42. The molecule has 0 aromatic heterocycles. The highest BCUT2D eigenvalue weighted by Gasteiger charge is 2.23. The van der Waals surface area contributed by atoms with Crippen molar-refractivity contribution in [3.8, 4) is 34.5 Å². The summed E-state index contributed by atoms with van der Waals surface area (Å²) < 4.78 is 36.6. The summed E-state index contributed by atoms with van der Waals surface area (Å²) in [6.07, 6.45) is -0.151. The molecule has 3 rings (SSSR count). The second-order valence-corrected chi connectivity index (χ2v) is 8.49. The van der Waals surface area contributed by atoms with Gasteiger partial charge in [-0.2, -0.15) is 0 Å². The number of nitrogens with zero attached hydrogens (tertiary/aromatic N) is 1. The molecule has 1 amide bonds. The number of esters is 1. The fourth-order valence-electron chi connectivity index (χ4n) is 3.23. The molecule has 0 saturated heterocycles. The number of nitrogens with one attached hydrogen (secondary N) is 1. The smallest absolute Gasteiger partial charge is 0.344 e. The van der Waals surface area contributed by atoms with Crippen LogP contribution in [0.5, 0.6) is 34.5 Å². The molecule has 13 nitrogen and oxygen atoms in total. The van der Waals surface area contributed by atoms with E-state index in [9.17, 15) is 19.7 Å². The maximum atomic E-state index is 11.3. The Kier molecular flexibility index (Phi) is 13.3. The third-order valence-electron chi connectivity index (χ3n) is 4.72. The van der Waals surface area contributed by atoms with E-state index in [1.807, 2.05) is 13.8 Å². The molecule has 13 heteroatoms. The highest BCUT2D eigenvalue weighted by molar-refractivity contribution is 5.96. The minimum absolute atomic E-state index is 0. The van der Waals surface area contributed by atoms with E-state index in [2.05, 4.69) is 5.32 Å². The number of hydrogen-bond donors (Lipinski definition) is 1. The van der Waals surface area contributed by atoms with Crippen LogP contribution in [-0.4, -0.2) is 63.0 Å². The van der Waals surface area contributed by atoms with Crippen LogP contribution in [0.3, 0.4) is 0 Å². The van der Waals surface area contributed by atoms with Crippen molar-refractivity contribution in [2.45, 2.75) is 54.3 Å². The summed E-state index contributed by atoms with van der Waals surface area (Å²) in [5.74, 6) is 1.41. The zero-order chi connectivity index (χ0) is 29.1. The van der Waals surface area contributed by atoms with E-state index >= 15 is 0 Å². The Morgan fingerprint density at radius 1 is 0.975 bits per heavy atom. The van der Waals surface area contributed by atoms with Gasteiger partial charge in [-0.3, -0.25) is 14.9 Å². The van der Waals surface area contributed by atoms with Crippen LogP contribution in [0.1, 0.15) is 42.0 Å². The summed E-state index contributed by atoms with van der Waals surface area (Å²) in [6.45, 7) is 8.88. The lowest BCUT2D eigenvalue weighted by Crippen LogP contribution is -2.25.